The third-order valence-electron chi connectivity index (χ3n) is 2.05. The molecule has 1 heterocycles. The number of nitrogens with zero attached hydrogens (tertiary/aromatic N) is 2. The lowest BCUT2D eigenvalue weighted by atomic mass is 9.93. The average molecular weight is 250 g/mol. The van der Waals surface area contributed by atoms with Crippen molar-refractivity contribution >= 4 is 29.7 Å². The van der Waals surface area contributed by atoms with Crippen molar-refractivity contribution in [1.82, 2.24) is 4.57 Å². The molecule has 2 N–H and O–H groups in total. The highest BCUT2D eigenvalue weighted by Gasteiger charge is 2.25. The monoisotopic (exact) mass is 249 g/mol. The standard InChI is InChI=1S/C9H15N3OS.ClH/c1-9(2,6-10)7(13)11-8-12(3)4-5-14-8;/h4-5H,6,10H2,1-3H3;1H. The number of amides is 1. The smallest absolute Gasteiger partial charge is 0.255 e. The second-order valence-corrected chi connectivity index (χ2v) is 4.67. The molecule has 1 aromatic heterocycles. The van der Waals surface area contributed by atoms with Crippen LogP contribution in [0.5, 0.6) is 0 Å². The molecule has 1 amide bonds. The van der Waals surface area contributed by atoms with E-state index in [1.54, 1.807) is 13.8 Å². The van der Waals surface area contributed by atoms with Crippen LogP contribution in [0.1, 0.15) is 13.8 Å². The fourth-order valence-corrected chi connectivity index (χ4v) is 1.49. The van der Waals surface area contributed by atoms with Crippen LogP contribution in [-0.4, -0.2) is 17.0 Å². The number of nitrogens with two attached hydrogens (primary N) is 1. The second-order valence-electron chi connectivity index (χ2n) is 3.80. The van der Waals surface area contributed by atoms with Crippen molar-refractivity contribution in [2.75, 3.05) is 6.54 Å². The maximum absolute atomic E-state index is 11.7. The fourth-order valence-electron chi connectivity index (χ4n) is 0.760. The Labute approximate surface area is 99.2 Å². The Bertz CT molecular complexity index is 394. The van der Waals surface area contributed by atoms with Crippen molar-refractivity contribution in [2.45, 2.75) is 13.8 Å². The van der Waals surface area contributed by atoms with Crippen molar-refractivity contribution < 1.29 is 4.79 Å². The maximum atomic E-state index is 11.7. The van der Waals surface area contributed by atoms with Gasteiger partial charge in [-0.2, -0.15) is 4.99 Å². The summed E-state index contributed by atoms with van der Waals surface area (Å²) in [5, 5.41) is 1.89. The fraction of sp³-hybridized carbons (Fsp3) is 0.556. The first-order valence-corrected chi connectivity index (χ1v) is 5.24. The molecule has 0 aliphatic rings. The van der Waals surface area contributed by atoms with Gasteiger partial charge in [-0.25, -0.2) is 0 Å². The van der Waals surface area contributed by atoms with Gasteiger partial charge in [-0.15, -0.1) is 23.7 Å². The number of aryl methyl sites for hydroxylation is 1. The van der Waals surface area contributed by atoms with Gasteiger partial charge in [0.1, 0.15) is 0 Å². The highest BCUT2D eigenvalue weighted by Crippen LogP contribution is 2.14. The number of rotatable bonds is 2. The lowest BCUT2D eigenvalue weighted by molar-refractivity contribution is -0.125. The van der Waals surface area contributed by atoms with Gasteiger partial charge in [-0.1, -0.05) is 0 Å². The highest BCUT2D eigenvalue weighted by molar-refractivity contribution is 7.07. The number of halogens is 1. The number of thiazole rings is 1. The minimum Gasteiger partial charge on any atom is -0.329 e. The second kappa shape index (κ2) is 5.44. The summed E-state index contributed by atoms with van der Waals surface area (Å²) in [6.45, 7) is 3.91. The highest BCUT2D eigenvalue weighted by atomic mass is 35.5. The van der Waals surface area contributed by atoms with Crippen LogP contribution in [0.15, 0.2) is 16.6 Å². The van der Waals surface area contributed by atoms with Gasteiger partial charge in [-0.05, 0) is 13.8 Å². The predicted molar refractivity (Wildman–Crippen MR) is 63.9 cm³/mol. The molecule has 0 unspecified atom stereocenters. The largest absolute Gasteiger partial charge is 0.329 e. The van der Waals surface area contributed by atoms with E-state index in [-0.39, 0.29) is 18.3 Å². The molecule has 0 aliphatic carbocycles. The molecule has 0 aromatic carbocycles. The average Bonchev–Trinajstić information content (AvgIpc) is 2.52. The lowest BCUT2D eigenvalue weighted by Gasteiger charge is -2.16. The minimum absolute atomic E-state index is 0. The van der Waals surface area contributed by atoms with Gasteiger partial charge in [0.2, 0.25) is 0 Å². The Morgan fingerprint density at radius 3 is 2.67 bits per heavy atom. The van der Waals surface area contributed by atoms with E-state index in [2.05, 4.69) is 4.99 Å². The van der Waals surface area contributed by atoms with E-state index in [0.29, 0.717) is 11.3 Å². The maximum Gasteiger partial charge on any atom is 0.255 e. The molecule has 0 spiro atoms. The quantitative estimate of drug-likeness (QED) is 0.847. The van der Waals surface area contributed by atoms with Crippen LogP contribution in [-0.2, 0) is 11.8 Å². The molecule has 0 radical (unpaired) electrons. The Hall–Kier alpha value is -0.650. The zero-order chi connectivity index (χ0) is 10.8. The molecule has 0 saturated heterocycles. The van der Waals surface area contributed by atoms with E-state index >= 15 is 0 Å². The van der Waals surface area contributed by atoms with Gasteiger partial charge in [-0.3, -0.25) is 4.79 Å². The van der Waals surface area contributed by atoms with Crippen LogP contribution < -0.4 is 10.5 Å². The van der Waals surface area contributed by atoms with Gasteiger partial charge in [0.05, 0.1) is 5.41 Å². The van der Waals surface area contributed by atoms with Gasteiger partial charge in [0, 0.05) is 25.2 Å². The summed E-state index contributed by atoms with van der Waals surface area (Å²) in [5.74, 6) is -0.168. The lowest BCUT2D eigenvalue weighted by Crippen LogP contribution is -2.33. The molecule has 0 bridgehead atoms. The van der Waals surface area contributed by atoms with Crippen LogP contribution in [0.2, 0.25) is 0 Å². The van der Waals surface area contributed by atoms with E-state index in [9.17, 15) is 4.79 Å². The summed E-state index contributed by atoms with van der Waals surface area (Å²) in [4.78, 5) is 16.4. The number of carbonyl (C=O) groups is 1. The predicted octanol–water partition coefficient (Wildman–Crippen LogP) is 0.921. The first-order valence-electron chi connectivity index (χ1n) is 4.37. The number of hydrogen-bond donors (Lipinski definition) is 1. The molecule has 0 atom stereocenters. The normalized spacial score (nSPS) is 12.4. The van der Waals surface area contributed by atoms with Crippen LogP contribution in [0, 0.1) is 5.41 Å². The molecule has 15 heavy (non-hydrogen) atoms. The van der Waals surface area contributed by atoms with Gasteiger partial charge < -0.3 is 10.3 Å². The van der Waals surface area contributed by atoms with Crippen LogP contribution >= 0.6 is 23.7 Å². The molecule has 86 valence electrons. The van der Waals surface area contributed by atoms with Gasteiger partial charge >= 0.3 is 0 Å². The third kappa shape index (κ3) is 3.44. The number of hydrogen-bond acceptors (Lipinski definition) is 3. The molecule has 0 saturated carbocycles. The van der Waals surface area contributed by atoms with Gasteiger partial charge in [0.25, 0.3) is 5.91 Å². The van der Waals surface area contributed by atoms with E-state index in [0.717, 1.165) is 0 Å². The SMILES string of the molecule is Cl.Cn1ccsc1=NC(=O)C(C)(C)CN. The molecule has 4 nitrogen and oxygen atoms in total. The topological polar surface area (TPSA) is 60.4 Å². The molecule has 1 aromatic rings. The van der Waals surface area contributed by atoms with Crippen molar-refractivity contribution in [3.63, 3.8) is 0 Å². The summed E-state index contributed by atoms with van der Waals surface area (Å²) in [6.07, 6.45) is 1.87. The summed E-state index contributed by atoms with van der Waals surface area (Å²) in [5.41, 5.74) is 4.92. The Morgan fingerprint density at radius 1 is 1.67 bits per heavy atom. The molecule has 1 rings (SSSR count). The molecular formula is C9H16ClN3OS. The zero-order valence-electron chi connectivity index (χ0n) is 9.06. The first-order chi connectivity index (χ1) is 6.47. The Balaban J connectivity index is 0.00000196. The van der Waals surface area contributed by atoms with Gasteiger partial charge in [0.15, 0.2) is 4.80 Å². The molecule has 0 aliphatic heterocycles. The van der Waals surface area contributed by atoms with Crippen LogP contribution in [0.25, 0.3) is 0 Å². The van der Waals surface area contributed by atoms with E-state index in [1.807, 2.05) is 23.2 Å². The van der Waals surface area contributed by atoms with Crippen molar-refractivity contribution in [2.24, 2.45) is 23.2 Å². The minimum atomic E-state index is -0.572. The molecule has 6 heteroatoms. The van der Waals surface area contributed by atoms with E-state index in [4.69, 9.17) is 5.73 Å². The molecule has 0 fully saturated rings. The zero-order valence-corrected chi connectivity index (χ0v) is 10.7. The summed E-state index contributed by atoms with van der Waals surface area (Å²) >= 11 is 1.44. The summed E-state index contributed by atoms with van der Waals surface area (Å²) in [7, 11) is 1.86. The summed E-state index contributed by atoms with van der Waals surface area (Å²) in [6, 6.07) is 0. The number of carbonyl (C=O) groups excluding carboxylic acids is 1. The first kappa shape index (κ1) is 14.3. The molecular weight excluding hydrogens is 234 g/mol. The van der Waals surface area contributed by atoms with E-state index < -0.39 is 5.41 Å². The van der Waals surface area contributed by atoms with Crippen molar-refractivity contribution in [1.29, 1.82) is 0 Å². The summed E-state index contributed by atoms with van der Waals surface area (Å²) < 4.78 is 1.81. The van der Waals surface area contributed by atoms with Crippen LogP contribution in [0.4, 0.5) is 0 Å². The Morgan fingerprint density at radius 2 is 2.27 bits per heavy atom. The van der Waals surface area contributed by atoms with Crippen molar-refractivity contribution in [3.05, 3.63) is 16.4 Å². The third-order valence-corrected chi connectivity index (χ3v) is 2.89. The van der Waals surface area contributed by atoms with E-state index in [1.165, 1.54) is 11.3 Å². The van der Waals surface area contributed by atoms with Crippen molar-refractivity contribution in [3.8, 4) is 0 Å². The number of aromatic nitrogens is 1. The Kier molecular flexibility index (Phi) is 5.20. The van der Waals surface area contributed by atoms with Crippen LogP contribution in [0.3, 0.4) is 0 Å².